The van der Waals surface area contributed by atoms with Crippen molar-refractivity contribution in [3.05, 3.63) is 24.3 Å². The van der Waals surface area contributed by atoms with Crippen molar-refractivity contribution in [2.45, 2.75) is 19.3 Å². The number of hydrogen-bond donors (Lipinski definition) is 1. The molecule has 0 aromatic heterocycles. The van der Waals surface area contributed by atoms with E-state index in [1.54, 1.807) is 0 Å². The molecule has 4 heteroatoms. The Balaban J connectivity index is 1.80. The zero-order valence-corrected chi connectivity index (χ0v) is 12.2. The molecular formula is C15H21N3S. The van der Waals surface area contributed by atoms with Crippen LogP contribution in [0.25, 0.3) is 0 Å². The molecular weight excluding hydrogens is 254 g/mol. The first-order chi connectivity index (χ1) is 9.10. The van der Waals surface area contributed by atoms with Crippen molar-refractivity contribution in [3.63, 3.8) is 0 Å². The molecule has 1 aromatic carbocycles. The molecule has 1 heterocycles. The fraction of sp³-hybridized carbons (Fsp3) is 0.533. The lowest BCUT2D eigenvalue weighted by Gasteiger charge is -2.39. The van der Waals surface area contributed by atoms with Crippen LogP contribution >= 0.6 is 12.2 Å². The van der Waals surface area contributed by atoms with Crippen molar-refractivity contribution >= 4 is 28.6 Å². The molecule has 0 spiro atoms. The molecule has 19 heavy (non-hydrogen) atoms. The number of rotatable bonds is 4. The maximum Gasteiger partial charge on any atom is 0.0733 e. The molecule has 1 saturated carbocycles. The van der Waals surface area contributed by atoms with Crippen molar-refractivity contribution in [2.75, 3.05) is 36.5 Å². The second kappa shape index (κ2) is 4.67. The van der Waals surface area contributed by atoms with Gasteiger partial charge in [0, 0.05) is 33.1 Å². The molecule has 0 bridgehead atoms. The van der Waals surface area contributed by atoms with Crippen LogP contribution in [0.2, 0.25) is 0 Å². The van der Waals surface area contributed by atoms with Crippen LogP contribution in [0.15, 0.2) is 24.3 Å². The molecule has 0 atom stereocenters. The fourth-order valence-electron chi connectivity index (χ4n) is 3.07. The van der Waals surface area contributed by atoms with E-state index in [0.29, 0.717) is 10.4 Å². The number of anilines is 2. The van der Waals surface area contributed by atoms with Crippen LogP contribution in [0.5, 0.6) is 0 Å². The minimum atomic E-state index is 0.356. The second-order valence-corrected chi connectivity index (χ2v) is 6.50. The van der Waals surface area contributed by atoms with Gasteiger partial charge in [-0.3, -0.25) is 0 Å². The van der Waals surface area contributed by atoms with Crippen LogP contribution in [-0.4, -0.2) is 31.7 Å². The molecule has 2 aliphatic rings. The van der Waals surface area contributed by atoms with E-state index in [0.717, 1.165) is 26.1 Å². The van der Waals surface area contributed by atoms with E-state index >= 15 is 0 Å². The number of thiocarbonyl (C=S) groups is 1. The van der Waals surface area contributed by atoms with Gasteiger partial charge in [0.2, 0.25) is 0 Å². The van der Waals surface area contributed by atoms with Crippen LogP contribution in [0.4, 0.5) is 11.4 Å². The summed E-state index contributed by atoms with van der Waals surface area (Å²) in [5.41, 5.74) is 8.79. The van der Waals surface area contributed by atoms with E-state index in [2.05, 4.69) is 41.1 Å². The Morgan fingerprint density at radius 1 is 1.26 bits per heavy atom. The van der Waals surface area contributed by atoms with Gasteiger partial charge in [0.05, 0.1) is 16.4 Å². The standard InChI is InChI=1S/C15H21N3S/c1-17-8-9-18(13-5-3-2-4-12(13)17)11-15(6-7-15)10-14(16)19/h2-5H,6-11H2,1H3,(H2,16,19). The topological polar surface area (TPSA) is 32.5 Å². The van der Waals surface area contributed by atoms with E-state index < -0.39 is 0 Å². The van der Waals surface area contributed by atoms with Crippen molar-refractivity contribution in [1.29, 1.82) is 0 Å². The Bertz CT molecular complexity index is 496. The van der Waals surface area contributed by atoms with Crippen molar-refractivity contribution in [2.24, 2.45) is 11.1 Å². The third-order valence-electron chi connectivity index (χ3n) is 4.37. The molecule has 3 nitrogen and oxygen atoms in total. The van der Waals surface area contributed by atoms with Crippen molar-refractivity contribution in [3.8, 4) is 0 Å². The third kappa shape index (κ3) is 2.54. The predicted octanol–water partition coefficient (Wildman–Crippen LogP) is 2.40. The van der Waals surface area contributed by atoms with Crippen LogP contribution in [0, 0.1) is 5.41 Å². The number of nitrogens with two attached hydrogens (primary N) is 1. The normalized spacial score (nSPS) is 20.1. The van der Waals surface area contributed by atoms with Crippen LogP contribution in [0.1, 0.15) is 19.3 Å². The third-order valence-corrected chi connectivity index (χ3v) is 4.52. The van der Waals surface area contributed by atoms with Gasteiger partial charge >= 0.3 is 0 Å². The number of hydrogen-bond acceptors (Lipinski definition) is 3. The summed E-state index contributed by atoms with van der Waals surface area (Å²) in [6.45, 7) is 3.27. The van der Waals surface area contributed by atoms with E-state index in [9.17, 15) is 0 Å². The summed E-state index contributed by atoms with van der Waals surface area (Å²) in [5, 5.41) is 0. The van der Waals surface area contributed by atoms with Gasteiger partial charge in [-0.1, -0.05) is 24.4 Å². The Labute approximate surface area is 120 Å². The lowest BCUT2D eigenvalue weighted by atomic mass is 10.0. The zero-order chi connectivity index (χ0) is 13.5. The SMILES string of the molecule is CN1CCN(CC2(CC(N)=S)CC2)c2ccccc21. The van der Waals surface area contributed by atoms with Crippen LogP contribution in [0.3, 0.4) is 0 Å². The Morgan fingerprint density at radius 3 is 2.58 bits per heavy atom. The molecule has 2 N–H and O–H groups in total. The lowest BCUT2D eigenvalue weighted by Crippen LogP contribution is -2.42. The second-order valence-electron chi connectivity index (χ2n) is 5.97. The first kappa shape index (κ1) is 12.7. The van der Waals surface area contributed by atoms with Gasteiger partial charge in [-0.2, -0.15) is 0 Å². The molecule has 1 aromatic rings. The minimum Gasteiger partial charge on any atom is -0.393 e. The van der Waals surface area contributed by atoms with Crippen LogP contribution < -0.4 is 15.5 Å². The average Bonchev–Trinajstić information content (AvgIpc) is 3.12. The molecule has 0 unspecified atom stereocenters. The lowest BCUT2D eigenvalue weighted by molar-refractivity contribution is 0.513. The number of para-hydroxylation sites is 2. The van der Waals surface area contributed by atoms with Gasteiger partial charge in [-0.15, -0.1) is 0 Å². The maximum absolute atomic E-state index is 5.75. The largest absolute Gasteiger partial charge is 0.393 e. The molecule has 3 rings (SSSR count). The molecule has 0 radical (unpaired) electrons. The first-order valence-corrected chi connectivity index (χ1v) is 7.34. The smallest absolute Gasteiger partial charge is 0.0733 e. The average molecular weight is 275 g/mol. The highest BCUT2D eigenvalue weighted by atomic mass is 32.1. The molecule has 102 valence electrons. The first-order valence-electron chi connectivity index (χ1n) is 6.93. The maximum atomic E-state index is 5.75. The van der Waals surface area contributed by atoms with Crippen molar-refractivity contribution in [1.82, 2.24) is 0 Å². The summed E-state index contributed by atoms with van der Waals surface area (Å²) >= 11 is 5.10. The summed E-state index contributed by atoms with van der Waals surface area (Å²) in [7, 11) is 2.16. The van der Waals surface area contributed by atoms with Crippen LogP contribution in [-0.2, 0) is 0 Å². The monoisotopic (exact) mass is 275 g/mol. The summed E-state index contributed by atoms with van der Waals surface area (Å²) in [4.78, 5) is 5.51. The van der Waals surface area contributed by atoms with E-state index in [1.807, 2.05) is 0 Å². The number of likely N-dealkylation sites (N-methyl/N-ethyl adjacent to an activating group) is 1. The fourth-order valence-corrected chi connectivity index (χ4v) is 3.38. The highest BCUT2D eigenvalue weighted by Gasteiger charge is 2.44. The molecule has 1 aliphatic heterocycles. The summed E-state index contributed by atoms with van der Waals surface area (Å²) in [5.74, 6) is 0. The summed E-state index contributed by atoms with van der Waals surface area (Å²) < 4.78 is 0. The van der Waals surface area contributed by atoms with Gasteiger partial charge in [-0.05, 0) is 30.4 Å². The quantitative estimate of drug-likeness (QED) is 0.855. The van der Waals surface area contributed by atoms with Crippen molar-refractivity contribution < 1.29 is 0 Å². The minimum absolute atomic E-state index is 0.356. The van der Waals surface area contributed by atoms with Gasteiger partial charge in [0.15, 0.2) is 0 Å². The van der Waals surface area contributed by atoms with E-state index in [-0.39, 0.29) is 0 Å². The number of benzene rings is 1. The summed E-state index contributed by atoms with van der Waals surface area (Å²) in [6.07, 6.45) is 3.43. The van der Waals surface area contributed by atoms with Gasteiger partial charge < -0.3 is 15.5 Å². The Hall–Kier alpha value is -1.29. The van der Waals surface area contributed by atoms with Gasteiger partial charge in [-0.25, -0.2) is 0 Å². The molecule has 1 aliphatic carbocycles. The number of nitrogens with zero attached hydrogens (tertiary/aromatic N) is 2. The predicted molar refractivity (Wildman–Crippen MR) is 85.0 cm³/mol. The van der Waals surface area contributed by atoms with E-state index in [4.69, 9.17) is 18.0 Å². The van der Waals surface area contributed by atoms with Gasteiger partial charge in [0.25, 0.3) is 0 Å². The Morgan fingerprint density at radius 2 is 1.95 bits per heavy atom. The highest BCUT2D eigenvalue weighted by molar-refractivity contribution is 7.80. The molecule has 0 amide bonds. The van der Waals surface area contributed by atoms with Gasteiger partial charge in [0.1, 0.15) is 0 Å². The zero-order valence-electron chi connectivity index (χ0n) is 11.4. The molecule has 1 fully saturated rings. The molecule has 0 saturated heterocycles. The highest BCUT2D eigenvalue weighted by Crippen LogP contribution is 2.50. The number of fused-ring (bicyclic) bond motifs is 1. The Kier molecular flexibility index (Phi) is 3.13. The summed E-state index contributed by atoms with van der Waals surface area (Å²) in [6, 6.07) is 8.66. The van der Waals surface area contributed by atoms with E-state index in [1.165, 1.54) is 24.2 Å².